The smallest absolute Gasteiger partial charge is 0.0722 e. The molecule has 0 saturated carbocycles. The molecule has 3 nitrogen and oxygen atoms in total. The lowest BCUT2D eigenvalue weighted by Gasteiger charge is -2.22. The lowest BCUT2D eigenvalue weighted by atomic mass is 10.2. The fraction of sp³-hybridized carbons (Fsp3) is 1.00. The Morgan fingerprint density at radius 3 is 3.00 bits per heavy atom. The molecule has 68 valence electrons. The van der Waals surface area contributed by atoms with Gasteiger partial charge in [-0.25, -0.2) is 0 Å². The molecular weight excluding hydrogens is 166 g/mol. The van der Waals surface area contributed by atoms with E-state index in [0.717, 1.165) is 32.7 Å². The van der Waals surface area contributed by atoms with Crippen LogP contribution in [-0.4, -0.2) is 39.5 Å². The Hall–Kier alpha value is 0.170. The summed E-state index contributed by atoms with van der Waals surface area (Å²) in [7, 11) is 1.72. The average Bonchev–Trinajstić information content (AvgIpc) is 2.03. The van der Waals surface area contributed by atoms with E-state index in [1.807, 2.05) is 0 Å². The fourth-order valence-corrected chi connectivity index (χ4v) is 1.05. The van der Waals surface area contributed by atoms with Gasteiger partial charge in [0.25, 0.3) is 0 Å². The van der Waals surface area contributed by atoms with Crippen LogP contribution in [0.25, 0.3) is 0 Å². The molecule has 0 amide bonds. The topological polar surface area (TPSA) is 30.5 Å². The number of ether oxygens (including phenoxy) is 2. The summed E-state index contributed by atoms with van der Waals surface area (Å²) in [5, 5.41) is 3.26. The van der Waals surface area contributed by atoms with Crippen LogP contribution < -0.4 is 5.32 Å². The third-order valence-electron chi connectivity index (χ3n) is 1.65. The lowest BCUT2D eigenvalue weighted by Crippen LogP contribution is -2.38. The van der Waals surface area contributed by atoms with Crippen LogP contribution in [0.2, 0.25) is 0 Å². The molecule has 1 aliphatic heterocycles. The molecule has 1 saturated heterocycles. The van der Waals surface area contributed by atoms with Crippen molar-refractivity contribution in [3.05, 3.63) is 0 Å². The van der Waals surface area contributed by atoms with E-state index in [1.54, 1.807) is 7.11 Å². The number of hydrogen-bond donors (Lipinski definition) is 1. The minimum atomic E-state index is 0. The van der Waals surface area contributed by atoms with Crippen molar-refractivity contribution in [2.45, 2.75) is 12.5 Å². The zero-order chi connectivity index (χ0) is 7.23. The molecule has 1 atom stereocenters. The third-order valence-corrected chi connectivity index (χ3v) is 1.65. The normalized spacial score (nSPS) is 24.3. The van der Waals surface area contributed by atoms with Crippen molar-refractivity contribution >= 4 is 12.4 Å². The molecule has 0 aromatic carbocycles. The first kappa shape index (κ1) is 11.2. The van der Waals surface area contributed by atoms with Gasteiger partial charge in [-0.15, -0.1) is 12.4 Å². The molecule has 0 unspecified atom stereocenters. The summed E-state index contributed by atoms with van der Waals surface area (Å²) in [5.41, 5.74) is 0. The lowest BCUT2D eigenvalue weighted by molar-refractivity contribution is 0.00896. The van der Waals surface area contributed by atoms with Crippen LogP contribution in [0.15, 0.2) is 0 Å². The maximum Gasteiger partial charge on any atom is 0.0722 e. The first-order chi connectivity index (χ1) is 4.93. The largest absolute Gasteiger partial charge is 0.385 e. The molecule has 1 heterocycles. The Balaban J connectivity index is 0.000001000. The molecule has 0 aromatic rings. The predicted octanol–water partition coefficient (Wildman–Crippen LogP) is 0.433. The second-order valence-electron chi connectivity index (χ2n) is 2.48. The van der Waals surface area contributed by atoms with Gasteiger partial charge in [0.15, 0.2) is 0 Å². The maximum atomic E-state index is 5.44. The van der Waals surface area contributed by atoms with Crippen molar-refractivity contribution in [1.82, 2.24) is 5.32 Å². The van der Waals surface area contributed by atoms with Crippen molar-refractivity contribution in [2.24, 2.45) is 0 Å². The second-order valence-corrected chi connectivity index (χ2v) is 2.48. The van der Waals surface area contributed by atoms with Gasteiger partial charge >= 0.3 is 0 Å². The van der Waals surface area contributed by atoms with Crippen molar-refractivity contribution in [3.8, 4) is 0 Å². The summed E-state index contributed by atoms with van der Waals surface area (Å²) in [4.78, 5) is 0. The van der Waals surface area contributed by atoms with E-state index in [4.69, 9.17) is 9.47 Å². The molecule has 1 aliphatic rings. The highest BCUT2D eigenvalue weighted by atomic mass is 35.5. The monoisotopic (exact) mass is 181 g/mol. The maximum absolute atomic E-state index is 5.44. The molecule has 0 aliphatic carbocycles. The van der Waals surface area contributed by atoms with Gasteiger partial charge < -0.3 is 14.8 Å². The quantitative estimate of drug-likeness (QED) is 0.685. The highest BCUT2D eigenvalue weighted by Crippen LogP contribution is 2.00. The van der Waals surface area contributed by atoms with Gasteiger partial charge in [-0.1, -0.05) is 0 Å². The van der Waals surface area contributed by atoms with Gasteiger partial charge in [0.2, 0.25) is 0 Å². The Bertz CT molecular complexity index is 86.5. The summed E-state index contributed by atoms with van der Waals surface area (Å²) in [5.74, 6) is 0. The molecule has 0 bridgehead atoms. The summed E-state index contributed by atoms with van der Waals surface area (Å²) < 4.78 is 10.4. The van der Waals surface area contributed by atoms with E-state index in [0.29, 0.717) is 6.10 Å². The molecule has 0 aromatic heterocycles. The van der Waals surface area contributed by atoms with Crippen LogP contribution in [-0.2, 0) is 9.47 Å². The molecule has 0 radical (unpaired) electrons. The molecule has 0 spiro atoms. The van der Waals surface area contributed by atoms with Crippen LogP contribution in [0.4, 0.5) is 0 Å². The first-order valence-corrected chi connectivity index (χ1v) is 3.74. The molecule has 1 N–H and O–H groups in total. The molecule has 4 heteroatoms. The van der Waals surface area contributed by atoms with Gasteiger partial charge in [-0.2, -0.15) is 0 Å². The van der Waals surface area contributed by atoms with E-state index < -0.39 is 0 Å². The van der Waals surface area contributed by atoms with E-state index in [2.05, 4.69) is 5.32 Å². The van der Waals surface area contributed by atoms with E-state index in [9.17, 15) is 0 Å². The average molecular weight is 182 g/mol. The van der Waals surface area contributed by atoms with E-state index in [1.165, 1.54) is 0 Å². The van der Waals surface area contributed by atoms with Crippen molar-refractivity contribution in [3.63, 3.8) is 0 Å². The Labute approximate surface area is 73.9 Å². The molecule has 1 fully saturated rings. The molecule has 1 rings (SSSR count). The SMILES string of the molecule is COCC[C@H]1CNCCO1.Cl. The van der Waals surface area contributed by atoms with Crippen LogP contribution in [0.5, 0.6) is 0 Å². The summed E-state index contributed by atoms with van der Waals surface area (Å²) >= 11 is 0. The summed E-state index contributed by atoms with van der Waals surface area (Å²) in [6, 6.07) is 0. The second kappa shape index (κ2) is 6.85. The van der Waals surface area contributed by atoms with Gasteiger partial charge in [0.1, 0.15) is 0 Å². The Morgan fingerprint density at radius 1 is 1.64 bits per heavy atom. The number of rotatable bonds is 3. The number of hydrogen-bond acceptors (Lipinski definition) is 3. The van der Waals surface area contributed by atoms with Crippen LogP contribution in [0, 0.1) is 0 Å². The highest BCUT2D eigenvalue weighted by Gasteiger charge is 2.11. The number of methoxy groups -OCH3 is 1. The summed E-state index contributed by atoms with van der Waals surface area (Å²) in [6.45, 7) is 3.60. The van der Waals surface area contributed by atoms with Gasteiger partial charge in [-0.3, -0.25) is 0 Å². The minimum absolute atomic E-state index is 0. The zero-order valence-corrected chi connectivity index (χ0v) is 7.65. The highest BCUT2D eigenvalue weighted by molar-refractivity contribution is 5.85. The van der Waals surface area contributed by atoms with E-state index >= 15 is 0 Å². The number of morpholine rings is 1. The first-order valence-electron chi connectivity index (χ1n) is 3.74. The van der Waals surface area contributed by atoms with Crippen molar-refractivity contribution in [2.75, 3.05) is 33.4 Å². The summed E-state index contributed by atoms with van der Waals surface area (Å²) in [6.07, 6.45) is 1.37. The predicted molar refractivity (Wildman–Crippen MR) is 46.4 cm³/mol. The van der Waals surface area contributed by atoms with Gasteiger partial charge in [-0.05, 0) is 6.42 Å². The van der Waals surface area contributed by atoms with Crippen molar-refractivity contribution < 1.29 is 9.47 Å². The molecule has 11 heavy (non-hydrogen) atoms. The third kappa shape index (κ3) is 4.58. The van der Waals surface area contributed by atoms with E-state index in [-0.39, 0.29) is 12.4 Å². The van der Waals surface area contributed by atoms with Gasteiger partial charge in [0.05, 0.1) is 12.7 Å². The number of nitrogens with one attached hydrogen (secondary N) is 1. The number of halogens is 1. The standard InChI is InChI=1S/C7H15NO2.ClH/c1-9-4-2-7-6-8-3-5-10-7;/h7-8H,2-6H2,1H3;1H/t7-;/m0./s1. The van der Waals surface area contributed by atoms with Crippen LogP contribution in [0.1, 0.15) is 6.42 Å². The Kier molecular flexibility index (Phi) is 6.96. The minimum Gasteiger partial charge on any atom is -0.385 e. The van der Waals surface area contributed by atoms with Crippen LogP contribution in [0.3, 0.4) is 0 Å². The molecular formula is C7H16ClNO2. The Morgan fingerprint density at radius 2 is 2.45 bits per heavy atom. The fourth-order valence-electron chi connectivity index (χ4n) is 1.05. The van der Waals surface area contributed by atoms with Crippen molar-refractivity contribution in [1.29, 1.82) is 0 Å². The zero-order valence-electron chi connectivity index (χ0n) is 6.84. The van der Waals surface area contributed by atoms with Crippen LogP contribution >= 0.6 is 12.4 Å². The van der Waals surface area contributed by atoms with Gasteiger partial charge in [0, 0.05) is 26.8 Å².